The number of anilines is 1. The van der Waals surface area contributed by atoms with Crippen molar-refractivity contribution in [1.29, 1.82) is 0 Å². The van der Waals surface area contributed by atoms with Gasteiger partial charge in [0.25, 0.3) is 10.1 Å². The molecule has 1 aromatic carbocycles. The van der Waals surface area contributed by atoms with Crippen molar-refractivity contribution in [3.63, 3.8) is 0 Å². The number of rotatable bonds is 3. The van der Waals surface area contributed by atoms with Gasteiger partial charge in [-0.25, -0.2) is 0 Å². The molecule has 2 fully saturated rings. The van der Waals surface area contributed by atoms with Gasteiger partial charge in [0.15, 0.2) is 0 Å². The maximum Gasteiger partial charge on any atom is 0.395 e. The van der Waals surface area contributed by atoms with E-state index >= 15 is 0 Å². The predicted octanol–water partition coefficient (Wildman–Crippen LogP) is 3.01. The second-order valence-electron chi connectivity index (χ2n) is 7.23. The summed E-state index contributed by atoms with van der Waals surface area (Å²) in [5.74, 6) is -0.730. The number of nitrogens with zero attached hydrogens (tertiary/aromatic N) is 2. The molecule has 0 radical (unpaired) electrons. The van der Waals surface area contributed by atoms with Crippen molar-refractivity contribution in [2.24, 2.45) is 5.92 Å². The molecule has 0 saturated carbocycles. The number of hydrogen-bond acceptors (Lipinski definition) is 5. The van der Waals surface area contributed by atoms with Crippen molar-refractivity contribution in [1.82, 2.24) is 10.3 Å². The second-order valence-corrected chi connectivity index (χ2v) is 8.65. The summed E-state index contributed by atoms with van der Waals surface area (Å²) in [7, 11) is -4.02. The minimum atomic E-state index is -4.07. The van der Waals surface area contributed by atoms with Crippen LogP contribution >= 0.6 is 0 Å². The maximum atomic E-state index is 12.4. The highest BCUT2D eigenvalue weighted by atomic mass is 32.2. The third-order valence-electron chi connectivity index (χ3n) is 5.00. The van der Waals surface area contributed by atoms with Gasteiger partial charge in [0.05, 0.1) is 22.7 Å². The zero-order chi connectivity index (χ0) is 21.2. The zero-order valence-electron chi connectivity index (χ0n) is 15.7. The fourth-order valence-electron chi connectivity index (χ4n) is 2.93. The number of hydrogen-bond donors (Lipinski definition) is 2. The van der Waals surface area contributed by atoms with E-state index in [1.165, 1.54) is 12.1 Å². The van der Waals surface area contributed by atoms with E-state index in [1.807, 2.05) is 19.1 Å². The van der Waals surface area contributed by atoms with Crippen LogP contribution < -0.4 is 10.2 Å². The molecular formula is C19H22F3N3O3S. The van der Waals surface area contributed by atoms with Crippen LogP contribution in [-0.4, -0.2) is 50.3 Å². The van der Waals surface area contributed by atoms with Crippen LogP contribution in [0, 0.1) is 12.8 Å². The van der Waals surface area contributed by atoms with E-state index in [0.717, 1.165) is 30.0 Å². The first kappa shape index (κ1) is 21.5. The monoisotopic (exact) mass is 429 g/mol. The Morgan fingerprint density at radius 3 is 2.14 bits per heavy atom. The average Bonchev–Trinajstić information content (AvgIpc) is 2.52. The largest absolute Gasteiger partial charge is 0.395 e. The molecule has 0 amide bonds. The molecule has 10 heteroatoms. The van der Waals surface area contributed by atoms with Gasteiger partial charge in [-0.3, -0.25) is 9.54 Å². The SMILES string of the molecule is Cc1ccc(S(=O)(=O)O)cc1.FC(F)(F)C1CN(c2ccc(C3CNC3)nc2)C1. The van der Waals surface area contributed by atoms with Crippen LogP contribution in [0.15, 0.2) is 47.5 Å². The molecule has 0 unspecified atom stereocenters. The normalized spacial score (nSPS) is 17.8. The van der Waals surface area contributed by atoms with Crippen molar-refractivity contribution in [3.8, 4) is 0 Å². The smallest absolute Gasteiger partial charge is 0.369 e. The number of aromatic nitrogens is 1. The molecule has 0 aliphatic carbocycles. The molecule has 2 aliphatic rings. The molecule has 2 aliphatic heterocycles. The number of pyridine rings is 1. The highest BCUT2D eigenvalue weighted by Gasteiger charge is 2.47. The summed E-state index contributed by atoms with van der Waals surface area (Å²) < 4.78 is 66.6. The van der Waals surface area contributed by atoms with Gasteiger partial charge in [0, 0.05) is 37.8 Å². The molecule has 2 saturated heterocycles. The standard InChI is InChI=1S/C12H14F3N3.C7H8O3S/c13-12(14,15)9-6-18(7-9)10-1-2-11(17-5-10)8-3-16-4-8;1-6-2-4-7(5-3-6)11(8,9)10/h1-2,5,8-9,16H,3-4,6-7H2;2-5H,1H3,(H,8,9,10). The topological polar surface area (TPSA) is 82.5 Å². The van der Waals surface area contributed by atoms with Gasteiger partial charge in [0.1, 0.15) is 0 Å². The number of benzene rings is 1. The lowest BCUT2D eigenvalue weighted by atomic mass is 9.97. The lowest BCUT2D eigenvalue weighted by molar-refractivity contribution is -0.180. The number of halogens is 3. The minimum Gasteiger partial charge on any atom is -0.369 e. The Bertz CT molecular complexity index is 922. The van der Waals surface area contributed by atoms with Gasteiger partial charge in [0.2, 0.25) is 0 Å². The Kier molecular flexibility index (Phi) is 6.16. The maximum absolute atomic E-state index is 12.4. The molecule has 6 nitrogen and oxygen atoms in total. The Morgan fingerprint density at radius 2 is 1.72 bits per heavy atom. The van der Waals surface area contributed by atoms with E-state index in [2.05, 4.69) is 10.3 Å². The number of nitrogens with one attached hydrogen (secondary N) is 1. The third kappa shape index (κ3) is 5.46. The van der Waals surface area contributed by atoms with Crippen molar-refractivity contribution >= 4 is 15.8 Å². The van der Waals surface area contributed by atoms with Crippen molar-refractivity contribution in [2.75, 3.05) is 31.1 Å². The molecule has 1 aromatic heterocycles. The molecule has 3 heterocycles. The van der Waals surface area contributed by atoms with Gasteiger partial charge >= 0.3 is 6.18 Å². The van der Waals surface area contributed by atoms with Crippen LogP contribution in [0.5, 0.6) is 0 Å². The van der Waals surface area contributed by atoms with E-state index in [4.69, 9.17) is 4.55 Å². The summed E-state index contributed by atoms with van der Waals surface area (Å²) in [6.45, 7) is 3.82. The summed E-state index contributed by atoms with van der Waals surface area (Å²) in [5, 5.41) is 3.17. The Labute approximate surface area is 167 Å². The van der Waals surface area contributed by atoms with Crippen molar-refractivity contribution < 1.29 is 26.1 Å². The predicted molar refractivity (Wildman–Crippen MR) is 103 cm³/mol. The lowest BCUT2D eigenvalue weighted by Gasteiger charge is -2.41. The molecule has 158 valence electrons. The zero-order valence-corrected chi connectivity index (χ0v) is 16.5. The summed E-state index contributed by atoms with van der Waals surface area (Å²) in [4.78, 5) is 5.98. The molecule has 0 atom stereocenters. The fraction of sp³-hybridized carbons (Fsp3) is 0.421. The molecular weight excluding hydrogens is 407 g/mol. The van der Waals surface area contributed by atoms with Gasteiger partial charge < -0.3 is 10.2 Å². The first-order chi connectivity index (χ1) is 13.5. The van der Waals surface area contributed by atoms with Crippen LogP contribution in [0.4, 0.5) is 18.9 Å². The summed E-state index contributed by atoms with van der Waals surface area (Å²) in [5.41, 5.74) is 2.76. The van der Waals surface area contributed by atoms with Crippen molar-refractivity contribution in [3.05, 3.63) is 53.9 Å². The fourth-order valence-corrected chi connectivity index (χ4v) is 3.41. The van der Waals surface area contributed by atoms with E-state index in [0.29, 0.717) is 5.92 Å². The summed E-state index contributed by atoms with van der Waals surface area (Å²) in [6.07, 6.45) is -2.39. The van der Waals surface area contributed by atoms with E-state index in [9.17, 15) is 21.6 Å². The third-order valence-corrected chi connectivity index (χ3v) is 5.87. The first-order valence-corrected chi connectivity index (χ1v) is 10.5. The minimum absolute atomic E-state index is 0.0511. The molecule has 4 rings (SSSR count). The van der Waals surface area contributed by atoms with E-state index < -0.39 is 22.2 Å². The van der Waals surface area contributed by atoms with Crippen LogP contribution in [0.2, 0.25) is 0 Å². The molecule has 2 aromatic rings. The lowest BCUT2D eigenvalue weighted by Crippen LogP contribution is -2.53. The highest BCUT2D eigenvalue weighted by molar-refractivity contribution is 7.85. The van der Waals surface area contributed by atoms with Crippen LogP contribution in [0.3, 0.4) is 0 Å². The van der Waals surface area contributed by atoms with Gasteiger partial charge in [-0.05, 0) is 31.2 Å². The van der Waals surface area contributed by atoms with Crippen LogP contribution in [-0.2, 0) is 10.1 Å². The molecule has 0 bridgehead atoms. The summed E-state index contributed by atoms with van der Waals surface area (Å²) in [6, 6.07) is 9.77. The average molecular weight is 429 g/mol. The van der Waals surface area contributed by atoms with Crippen LogP contribution in [0.1, 0.15) is 17.2 Å². The van der Waals surface area contributed by atoms with Gasteiger partial charge in [-0.15, -0.1) is 0 Å². The Balaban J connectivity index is 0.000000188. The summed E-state index contributed by atoms with van der Waals surface area (Å²) >= 11 is 0. The van der Waals surface area contributed by atoms with Gasteiger partial charge in [-0.1, -0.05) is 17.7 Å². The molecule has 0 spiro atoms. The molecule has 2 N–H and O–H groups in total. The Morgan fingerprint density at radius 1 is 1.10 bits per heavy atom. The van der Waals surface area contributed by atoms with E-state index in [-0.39, 0.29) is 18.0 Å². The molecule has 29 heavy (non-hydrogen) atoms. The number of aryl methyl sites for hydroxylation is 1. The van der Waals surface area contributed by atoms with Crippen molar-refractivity contribution in [2.45, 2.75) is 23.9 Å². The number of alkyl halides is 3. The quantitative estimate of drug-likeness (QED) is 0.730. The van der Waals surface area contributed by atoms with E-state index in [1.54, 1.807) is 23.2 Å². The second kappa shape index (κ2) is 8.29. The van der Waals surface area contributed by atoms with Crippen LogP contribution in [0.25, 0.3) is 0 Å². The Hall–Kier alpha value is -2.17. The highest BCUT2D eigenvalue weighted by Crippen LogP contribution is 2.36. The first-order valence-electron chi connectivity index (χ1n) is 9.06. The van der Waals surface area contributed by atoms with Gasteiger partial charge in [-0.2, -0.15) is 21.6 Å².